The average molecular weight is 537 g/mol. The van der Waals surface area contributed by atoms with E-state index in [2.05, 4.69) is 18.7 Å². The fourth-order valence-corrected chi connectivity index (χ4v) is 3.91. The Hall–Kier alpha value is -4.42. The van der Waals surface area contributed by atoms with Crippen LogP contribution < -0.4 is 4.90 Å². The molecule has 1 heterocycles. The van der Waals surface area contributed by atoms with Crippen LogP contribution in [-0.2, 0) is 4.74 Å². The summed E-state index contributed by atoms with van der Waals surface area (Å²) in [6, 6.07) is 10.0. The van der Waals surface area contributed by atoms with E-state index < -0.39 is 34.3 Å². The first-order valence-corrected chi connectivity index (χ1v) is 12.6. The van der Waals surface area contributed by atoms with E-state index in [0.29, 0.717) is 5.56 Å². The number of hydrogen-bond acceptors (Lipinski definition) is 6. The zero-order chi connectivity index (χ0) is 29.1. The normalized spacial score (nSPS) is 17.5. The van der Waals surface area contributed by atoms with Crippen molar-refractivity contribution in [3.8, 4) is 24.0 Å². The molecule has 39 heavy (non-hydrogen) atoms. The maximum atomic E-state index is 13.9. The number of unbranched alkanes of at least 4 members (excludes halogenated alkanes) is 2. The quantitative estimate of drug-likeness (QED) is 0.233. The number of rotatable bonds is 11. The number of aromatic hydroxyl groups is 1. The van der Waals surface area contributed by atoms with E-state index in [1.54, 1.807) is 36.4 Å². The van der Waals surface area contributed by atoms with Gasteiger partial charge < -0.3 is 14.7 Å². The number of hydrogen-bond donors (Lipinski definition) is 1. The molecule has 0 radical (unpaired) electrons. The third-order valence-corrected chi connectivity index (χ3v) is 6.23. The highest BCUT2D eigenvalue weighted by Gasteiger charge is 2.60. The van der Waals surface area contributed by atoms with Crippen LogP contribution in [0.1, 0.15) is 52.0 Å². The lowest BCUT2D eigenvalue weighted by atomic mass is 9.92. The lowest BCUT2D eigenvalue weighted by Crippen LogP contribution is -2.43. The number of nitrogens with zero attached hydrogens (tertiary/aromatic N) is 4. The second-order valence-electron chi connectivity index (χ2n) is 9.00. The topological polar surface area (TPSA) is 104 Å². The van der Waals surface area contributed by atoms with Crippen molar-refractivity contribution in [2.75, 3.05) is 18.0 Å². The van der Waals surface area contributed by atoms with Crippen LogP contribution in [0, 0.1) is 34.0 Å². The minimum atomic E-state index is -4.91. The molecule has 0 saturated carbocycles. The fraction of sp³-hybridized carbons (Fsp3) is 0.367. The third-order valence-electron chi connectivity index (χ3n) is 6.23. The number of nitriles is 3. The molecule has 2 rings (SSSR count). The lowest BCUT2D eigenvalue weighted by Gasteiger charge is -2.28. The molecule has 1 aromatic rings. The minimum Gasteiger partial charge on any atom is -0.507 e. The maximum Gasteiger partial charge on any atom is 0.432 e. The van der Waals surface area contributed by atoms with Crippen molar-refractivity contribution in [1.29, 1.82) is 15.8 Å². The molecule has 0 saturated heterocycles. The lowest BCUT2D eigenvalue weighted by molar-refractivity contribution is -0.236. The van der Waals surface area contributed by atoms with E-state index in [9.17, 15) is 23.5 Å². The second-order valence-corrected chi connectivity index (χ2v) is 9.00. The summed E-state index contributed by atoms with van der Waals surface area (Å²) < 4.78 is 46.6. The summed E-state index contributed by atoms with van der Waals surface area (Å²) in [6.07, 6.45) is 8.01. The molecule has 0 spiro atoms. The van der Waals surface area contributed by atoms with Crippen LogP contribution in [0.2, 0.25) is 0 Å². The summed E-state index contributed by atoms with van der Waals surface area (Å²) in [4.78, 5) is 2.26. The number of alkyl halides is 3. The molecule has 0 bridgehead atoms. The minimum absolute atomic E-state index is 0.115. The van der Waals surface area contributed by atoms with Gasteiger partial charge in [-0.15, -0.1) is 0 Å². The van der Waals surface area contributed by atoms with Gasteiger partial charge in [-0.25, -0.2) is 0 Å². The molecule has 1 N–H and O–H groups in total. The van der Waals surface area contributed by atoms with Crippen LogP contribution in [0.3, 0.4) is 0 Å². The van der Waals surface area contributed by atoms with Gasteiger partial charge in [0.15, 0.2) is 11.3 Å². The van der Waals surface area contributed by atoms with Gasteiger partial charge in [-0.2, -0.15) is 29.0 Å². The fourth-order valence-electron chi connectivity index (χ4n) is 3.91. The van der Waals surface area contributed by atoms with Gasteiger partial charge in [0.2, 0.25) is 5.60 Å². The molecule has 9 heteroatoms. The molecule has 1 aromatic carbocycles. The molecule has 1 aliphatic heterocycles. The molecule has 0 amide bonds. The van der Waals surface area contributed by atoms with E-state index in [1.165, 1.54) is 24.3 Å². The summed E-state index contributed by atoms with van der Waals surface area (Å²) >= 11 is 0. The van der Waals surface area contributed by atoms with Crippen LogP contribution in [0.5, 0.6) is 5.75 Å². The first-order valence-electron chi connectivity index (χ1n) is 12.6. The number of allylic oxidation sites excluding steroid dienone is 6. The van der Waals surface area contributed by atoms with E-state index in [4.69, 9.17) is 15.3 Å². The van der Waals surface area contributed by atoms with Crippen LogP contribution in [0.4, 0.5) is 18.9 Å². The van der Waals surface area contributed by atoms with E-state index in [0.717, 1.165) is 57.5 Å². The van der Waals surface area contributed by atoms with Gasteiger partial charge in [0, 0.05) is 36.0 Å². The summed E-state index contributed by atoms with van der Waals surface area (Å²) in [7, 11) is 0. The van der Waals surface area contributed by atoms with E-state index in [-0.39, 0.29) is 5.75 Å². The number of halogens is 3. The smallest absolute Gasteiger partial charge is 0.432 e. The average Bonchev–Trinajstić information content (AvgIpc) is 3.20. The van der Waals surface area contributed by atoms with Crippen molar-refractivity contribution < 1.29 is 23.0 Å². The first kappa shape index (κ1) is 30.8. The van der Waals surface area contributed by atoms with Gasteiger partial charge in [-0.3, -0.25) is 0 Å². The van der Waals surface area contributed by atoms with Gasteiger partial charge in [0.1, 0.15) is 29.5 Å². The zero-order valence-electron chi connectivity index (χ0n) is 22.2. The molecule has 1 aliphatic rings. The van der Waals surface area contributed by atoms with Gasteiger partial charge >= 0.3 is 6.18 Å². The van der Waals surface area contributed by atoms with Crippen molar-refractivity contribution in [3.63, 3.8) is 0 Å². The molecule has 1 atom stereocenters. The summed E-state index contributed by atoms with van der Waals surface area (Å²) in [5.74, 6) is -0.573. The highest BCUT2D eigenvalue weighted by atomic mass is 19.4. The van der Waals surface area contributed by atoms with Crippen LogP contribution in [-0.4, -0.2) is 30.0 Å². The number of phenols is 1. The Bertz CT molecular complexity index is 1290. The maximum absolute atomic E-state index is 13.9. The summed E-state index contributed by atoms with van der Waals surface area (Å²) in [6.45, 7) is 6.83. The number of anilines is 1. The molecule has 204 valence electrons. The molecule has 6 nitrogen and oxygen atoms in total. The molecular weight excluding hydrogens is 505 g/mol. The SMILES string of the molecule is CCCCN(CCCC)c1ccc(/C=C/C=C/C=C/C2=C(C#N)C(=C(C#N)C#N)OC2(C)C(F)(F)F)c(O)c1. The van der Waals surface area contributed by atoms with Crippen molar-refractivity contribution >= 4 is 11.8 Å². The third kappa shape index (κ3) is 7.33. The Morgan fingerprint density at radius 1 is 1.00 bits per heavy atom. The Kier molecular flexibility index (Phi) is 11.0. The molecule has 1 unspecified atom stereocenters. The Balaban J connectivity index is 2.26. The molecular formula is C30H31F3N4O2. The molecule has 0 aliphatic carbocycles. The van der Waals surface area contributed by atoms with E-state index >= 15 is 0 Å². The number of benzene rings is 1. The van der Waals surface area contributed by atoms with Crippen molar-refractivity contribution in [3.05, 3.63) is 76.6 Å². The zero-order valence-corrected chi connectivity index (χ0v) is 22.2. The molecule has 0 aromatic heterocycles. The highest BCUT2D eigenvalue weighted by Crippen LogP contribution is 2.49. The first-order chi connectivity index (χ1) is 18.6. The van der Waals surface area contributed by atoms with Crippen LogP contribution in [0.15, 0.2) is 71.1 Å². The monoisotopic (exact) mass is 536 g/mol. The van der Waals surface area contributed by atoms with Crippen molar-refractivity contribution in [2.24, 2.45) is 0 Å². The van der Waals surface area contributed by atoms with Crippen LogP contribution in [0.25, 0.3) is 6.08 Å². The Morgan fingerprint density at radius 3 is 2.08 bits per heavy atom. The van der Waals surface area contributed by atoms with Crippen molar-refractivity contribution in [2.45, 2.75) is 58.2 Å². The summed E-state index contributed by atoms with van der Waals surface area (Å²) in [5, 5.41) is 38.1. The number of ether oxygens (including phenoxy) is 1. The molecule has 0 fully saturated rings. The standard InChI is InChI=1S/C30H31F3N4O2/c1-4-6-16-37(17-7-5-2)24-15-14-22(27(38)18-24)12-10-8-9-11-13-26-25(21-36)28(23(19-34)20-35)39-29(26,3)30(31,32)33/h8-15,18,38H,4-7,16-17H2,1-3H3/b9-8+,12-10+,13-11+. The van der Waals surface area contributed by atoms with Crippen LogP contribution >= 0.6 is 0 Å². The van der Waals surface area contributed by atoms with Gasteiger partial charge in [-0.1, -0.05) is 63.1 Å². The number of phenolic OH excluding ortho intramolecular Hbond substituents is 1. The highest BCUT2D eigenvalue weighted by molar-refractivity contribution is 5.64. The Morgan fingerprint density at radius 2 is 1.59 bits per heavy atom. The Labute approximate surface area is 227 Å². The summed E-state index contributed by atoms with van der Waals surface area (Å²) in [5.41, 5.74) is -3.12. The van der Waals surface area contributed by atoms with Gasteiger partial charge in [-0.05, 0) is 31.9 Å². The van der Waals surface area contributed by atoms with Gasteiger partial charge in [0.05, 0.1) is 0 Å². The van der Waals surface area contributed by atoms with Gasteiger partial charge in [0.25, 0.3) is 0 Å². The van der Waals surface area contributed by atoms with E-state index in [1.807, 2.05) is 6.07 Å². The largest absolute Gasteiger partial charge is 0.507 e. The van der Waals surface area contributed by atoms with Crippen molar-refractivity contribution in [1.82, 2.24) is 0 Å². The second kappa shape index (κ2) is 13.9. The predicted molar refractivity (Wildman–Crippen MR) is 144 cm³/mol. The predicted octanol–water partition coefficient (Wildman–Crippen LogP) is 7.40.